The minimum atomic E-state index is -0.213. The van der Waals surface area contributed by atoms with Crippen molar-refractivity contribution in [2.75, 3.05) is 13.1 Å². The number of hydrogen-bond donors (Lipinski definition) is 2. The van der Waals surface area contributed by atoms with Crippen LogP contribution >= 0.6 is 0 Å². The van der Waals surface area contributed by atoms with E-state index in [1.807, 2.05) is 11.8 Å². The molecule has 294 valence electrons. The molecule has 6 nitrogen and oxygen atoms in total. The molecule has 3 fully saturated rings. The Morgan fingerprint density at radius 3 is 2.22 bits per heavy atom. The van der Waals surface area contributed by atoms with Crippen LogP contribution in [-0.2, 0) is 14.3 Å². The van der Waals surface area contributed by atoms with Crippen molar-refractivity contribution in [3.05, 3.63) is 11.6 Å². The predicted octanol–water partition coefficient (Wildman–Crippen LogP) is 10.2. The number of amides is 1. The van der Waals surface area contributed by atoms with Gasteiger partial charge in [-0.15, -0.1) is 0 Å². The number of nitrogens with two attached hydrogens (primary N) is 2. The summed E-state index contributed by atoms with van der Waals surface area (Å²) in [6.07, 6.45) is 22.9. The monoisotopic (exact) mass is 712 g/mol. The van der Waals surface area contributed by atoms with Crippen molar-refractivity contribution in [1.29, 1.82) is 0 Å². The summed E-state index contributed by atoms with van der Waals surface area (Å²) in [5.41, 5.74) is 14.2. The SMILES string of the molecule is CC(N)CCCCCCCN(CCC(C)N)C(=O)CCC(=O)O[C@H]1CC[C@@]2(C)C(=CC[C@H]3[C@@H]4CC[C@H]([C@H](C)CC[C@@H](C)C(C)C)[C@@]4(C)CC[C@@H]32)C1. The number of carbonyl (C=O) groups excluding carboxylic acids is 2. The first-order valence-corrected chi connectivity index (χ1v) is 21.8. The molecule has 4 N–H and O–H groups in total. The van der Waals surface area contributed by atoms with Gasteiger partial charge in [-0.2, -0.15) is 0 Å². The van der Waals surface area contributed by atoms with E-state index in [0.29, 0.717) is 12.0 Å². The molecule has 11 atom stereocenters. The van der Waals surface area contributed by atoms with Crippen LogP contribution in [0.3, 0.4) is 0 Å². The fourth-order valence-electron chi connectivity index (χ4n) is 11.4. The average Bonchev–Trinajstić information content (AvgIpc) is 3.44. The summed E-state index contributed by atoms with van der Waals surface area (Å²) in [6.45, 7) is 20.5. The van der Waals surface area contributed by atoms with Crippen LogP contribution < -0.4 is 11.5 Å². The third-order valence-corrected chi connectivity index (χ3v) is 15.2. The second-order valence-corrected chi connectivity index (χ2v) is 19.3. The molecule has 0 aromatic rings. The maximum atomic E-state index is 13.3. The highest BCUT2D eigenvalue weighted by Gasteiger charge is 2.59. The van der Waals surface area contributed by atoms with E-state index in [1.165, 1.54) is 64.2 Å². The van der Waals surface area contributed by atoms with E-state index in [4.69, 9.17) is 16.2 Å². The molecule has 4 rings (SSSR count). The molecule has 51 heavy (non-hydrogen) atoms. The standard InChI is InChI=1S/C45H81N3O3/c1-31(2)32(3)15-16-33(4)39-19-20-40-38-18-17-36-30-37(23-26-44(36,7)41(38)24-27-45(39,40)8)51-43(50)22-21-42(49)48(29-25-35(6)47)28-13-11-9-10-12-14-34(5)46/h17,31-35,37-41H,9-16,18-30,46-47H2,1-8H3/t32-,33-,34?,35?,37+,38+,39-,40+,41+,44+,45-/m1/s1. The highest BCUT2D eigenvalue weighted by atomic mass is 16.5. The molecule has 0 aromatic heterocycles. The van der Waals surface area contributed by atoms with Gasteiger partial charge in [0.25, 0.3) is 0 Å². The van der Waals surface area contributed by atoms with Crippen LogP contribution in [0.15, 0.2) is 11.6 Å². The average molecular weight is 712 g/mol. The van der Waals surface area contributed by atoms with Crippen LogP contribution in [0.1, 0.15) is 177 Å². The van der Waals surface area contributed by atoms with Crippen molar-refractivity contribution >= 4 is 11.9 Å². The zero-order valence-electron chi connectivity index (χ0n) is 34.5. The fourth-order valence-corrected chi connectivity index (χ4v) is 11.4. The number of fused-ring (bicyclic) bond motifs is 5. The van der Waals surface area contributed by atoms with Gasteiger partial charge in [-0.1, -0.05) is 91.7 Å². The molecule has 0 aliphatic heterocycles. The topological polar surface area (TPSA) is 98.6 Å². The molecule has 0 aromatic carbocycles. The van der Waals surface area contributed by atoms with Gasteiger partial charge >= 0.3 is 5.97 Å². The number of hydrogen-bond acceptors (Lipinski definition) is 5. The first kappa shape index (κ1) is 42.3. The lowest BCUT2D eigenvalue weighted by molar-refractivity contribution is -0.153. The molecule has 0 saturated heterocycles. The summed E-state index contributed by atoms with van der Waals surface area (Å²) in [5.74, 6) is 5.56. The Morgan fingerprint density at radius 2 is 1.51 bits per heavy atom. The van der Waals surface area contributed by atoms with Crippen LogP contribution in [-0.4, -0.2) is 48.1 Å². The molecule has 4 aliphatic carbocycles. The van der Waals surface area contributed by atoms with Gasteiger partial charge in [0.1, 0.15) is 6.10 Å². The Labute approximate surface area is 314 Å². The van der Waals surface area contributed by atoms with Gasteiger partial charge in [-0.3, -0.25) is 9.59 Å². The second-order valence-electron chi connectivity index (χ2n) is 19.3. The first-order chi connectivity index (χ1) is 24.2. The van der Waals surface area contributed by atoms with E-state index in [0.717, 1.165) is 92.9 Å². The van der Waals surface area contributed by atoms with Gasteiger partial charge in [0.2, 0.25) is 5.91 Å². The summed E-state index contributed by atoms with van der Waals surface area (Å²) in [7, 11) is 0. The summed E-state index contributed by atoms with van der Waals surface area (Å²) in [5, 5.41) is 0. The predicted molar refractivity (Wildman–Crippen MR) is 213 cm³/mol. The second kappa shape index (κ2) is 19.3. The van der Waals surface area contributed by atoms with Gasteiger partial charge < -0.3 is 21.1 Å². The lowest BCUT2D eigenvalue weighted by Gasteiger charge is -2.58. The van der Waals surface area contributed by atoms with Gasteiger partial charge in [0.05, 0.1) is 6.42 Å². The van der Waals surface area contributed by atoms with E-state index in [-0.39, 0.29) is 48.3 Å². The third kappa shape index (κ3) is 11.1. The maximum Gasteiger partial charge on any atom is 0.306 e. The molecule has 3 saturated carbocycles. The van der Waals surface area contributed by atoms with Crippen LogP contribution in [0.5, 0.6) is 0 Å². The van der Waals surface area contributed by atoms with Gasteiger partial charge in [-0.25, -0.2) is 0 Å². The molecular formula is C45H81N3O3. The maximum absolute atomic E-state index is 13.3. The van der Waals surface area contributed by atoms with Crippen LogP contribution in [0.25, 0.3) is 0 Å². The highest BCUT2D eigenvalue weighted by Crippen LogP contribution is 2.67. The van der Waals surface area contributed by atoms with Gasteiger partial charge in [-0.05, 0) is 130 Å². The Morgan fingerprint density at radius 1 is 0.804 bits per heavy atom. The van der Waals surface area contributed by atoms with Crippen LogP contribution in [0.2, 0.25) is 0 Å². The molecule has 4 aliphatic rings. The van der Waals surface area contributed by atoms with E-state index >= 15 is 0 Å². The van der Waals surface area contributed by atoms with Gasteiger partial charge in [0, 0.05) is 38.0 Å². The Bertz CT molecular complexity index is 1130. The first-order valence-electron chi connectivity index (χ1n) is 21.8. The lowest BCUT2D eigenvalue weighted by Crippen LogP contribution is -2.51. The van der Waals surface area contributed by atoms with Crippen molar-refractivity contribution in [1.82, 2.24) is 4.90 Å². The van der Waals surface area contributed by atoms with Gasteiger partial charge in [0.15, 0.2) is 0 Å². The largest absolute Gasteiger partial charge is 0.462 e. The summed E-state index contributed by atoms with van der Waals surface area (Å²) < 4.78 is 6.10. The van der Waals surface area contributed by atoms with E-state index in [2.05, 4.69) is 54.5 Å². The quantitative estimate of drug-likeness (QED) is 0.0744. The number of allylic oxidation sites excluding steroid dienone is 1. The molecule has 0 heterocycles. The van der Waals surface area contributed by atoms with E-state index in [1.54, 1.807) is 5.57 Å². The van der Waals surface area contributed by atoms with Crippen molar-refractivity contribution in [2.24, 2.45) is 63.7 Å². The lowest BCUT2D eigenvalue weighted by atomic mass is 9.47. The Hall–Kier alpha value is -1.40. The van der Waals surface area contributed by atoms with Crippen LogP contribution in [0.4, 0.5) is 0 Å². The zero-order chi connectivity index (χ0) is 37.3. The molecule has 2 unspecified atom stereocenters. The molecular weight excluding hydrogens is 631 g/mol. The highest BCUT2D eigenvalue weighted by molar-refractivity contribution is 5.81. The number of ether oxygens (including phenoxy) is 1. The van der Waals surface area contributed by atoms with Crippen molar-refractivity contribution < 1.29 is 14.3 Å². The van der Waals surface area contributed by atoms with E-state index in [9.17, 15) is 9.59 Å². The molecule has 6 heteroatoms. The minimum absolute atomic E-state index is 0.0511. The third-order valence-electron chi connectivity index (χ3n) is 15.2. The minimum Gasteiger partial charge on any atom is -0.462 e. The number of unbranched alkanes of at least 4 members (excludes halogenated alkanes) is 4. The van der Waals surface area contributed by atoms with Crippen molar-refractivity contribution in [3.8, 4) is 0 Å². The van der Waals surface area contributed by atoms with Crippen molar-refractivity contribution in [3.63, 3.8) is 0 Å². The Balaban J connectivity index is 1.25. The number of rotatable bonds is 20. The molecule has 1 amide bonds. The van der Waals surface area contributed by atoms with E-state index < -0.39 is 0 Å². The molecule has 0 bridgehead atoms. The van der Waals surface area contributed by atoms with Crippen molar-refractivity contribution in [2.45, 2.75) is 196 Å². The van der Waals surface area contributed by atoms with Crippen LogP contribution in [0, 0.1) is 52.3 Å². The number of nitrogens with zero attached hydrogens (tertiary/aromatic N) is 1. The Kier molecular flexibility index (Phi) is 16.0. The summed E-state index contributed by atoms with van der Waals surface area (Å²) in [4.78, 5) is 28.3. The fraction of sp³-hybridized carbons (Fsp3) is 0.911. The zero-order valence-corrected chi connectivity index (χ0v) is 34.5. The number of esters is 1. The smallest absolute Gasteiger partial charge is 0.306 e. The number of carbonyl (C=O) groups is 2. The molecule has 0 radical (unpaired) electrons. The molecule has 0 spiro atoms. The summed E-state index contributed by atoms with van der Waals surface area (Å²) >= 11 is 0. The summed E-state index contributed by atoms with van der Waals surface area (Å²) in [6, 6.07) is 0.324. The normalized spacial score (nSPS) is 32.6.